The van der Waals surface area contributed by atoms with Crippen molar-refractivity contribution in [2.45, 2.75) is 18.9 Å². The van der Waals surface area contributed by atoms with Gasteiger partial charge >= 0.3 is 0 Å². The third-order valence-corrected chi connectivity index (χ3v) is 6.72. The molecule has 2 N–H and O–H groups in total. The molecule has 0 radical (unpaired) electrons. The Kier molecular flexibility index (Phi) is 5.26. The lowest BCUT2D eigenvalue weighted by molar-refractivity contribution is -0.124. The van der Waals surface area contributed by atoms with Crippen LogP contribution in [-0.4, -0.2) is 32.9 Å². The third-order valence-electron chi connectivity index (χ3n) is 6.47. The van der Waals surface area contributed by atoms with Crippen LogP contribution in [0.4, 0.5) is 11.6 Å². The summed E-state index contributed by atoms with van der Waals surface area (Å²) >= 11 is 5.94. The Hall–Kier alpha value is -4.10. The minimum absolute atomic E-state index is 0.0123. The number of H-pyrrole nitrogens is 1. The normalized spacial score (nSPS) is 15.2. The van der Waals surface area contributed by atoms with Gasteiger partial charge in [-0.15, -0.1) is 0 Å². The van der Waals surface area contributed by atoms with Crippen LogP contribution in [-0.2, 0) is 16.0 Å². The Bertz CT molecular complexity index is 1570. The van der Waals surface area contributed by atoms with Crippen molar-refractivity contribution < 1.29 is 9.59 Å². The summed E-state index contributed by atoms with van der Waals surface area (Å²) in [6.45, 7) is 0.472. The van der Waals surface area contributed by atoms with Gasteiger partial charge in [0, 0.05) is 34.4 Å². The van der Waals surface area contributed by atoms with Crippen LogP contribution in [0.15, 0.2) is 79.0 Å². The number of fused-ring (bicyclic) bond motifs is 4. The maximum Gasteiger partial charge on any atom is 0.253 e. The second-order valence-corrected chi connectivity index (χ2v) is 9.08. The number of aromatic nitrogens is 3. The van der Waals surface area contributed by atoms with E-state index in [1.54, 1.807) is 29.2 Å². The zero-order chi connectivity index (χ0) is 23.9. The van der Waals surface area contributed by atoms with Crippen LogP contribution >= 0.6 is 11.6 Å². The Balaban J connectivity index is 1.28. The molecule has 0 saturated heterocycles. The van der Waals surface area contributed by atoms with Crippen molar-refractivity contribution in [3.63, 3.8) is 0 Å². The summed E-state index contributed by atoms with van der Waals surface area (Å²) in [5.74, 6) is 0.220. The molecule has 0 fully saturated rings. The van der Waals surface area contributed by atoms with Gasteiger partial charge in [-0.2, -0.15) is 0 Å². The number of para-hydroxylation sites is 3. The van der Waals surface area contributed by atoms with E-state index in [2.05, 4.69) is 16.4 Å². The smallest absolute Gasteiger partial charge is 0.253 e. The van der Waals surface area contributed by atoms with E-state index in [1.807, 2.05) is 53.2 Å². The van der Waals surface area contributed by atoms with Gasteiger partial charge < -0.3 is 10.3 Å². The minimum Gasteiger partial charge on any atom is -0.361 e. The van der Waals surface area contributed by atoms with E-state index in [0.29, 0.717) is 29.6 Å². The molecule has 0 bridgehead atoms. The van der Waals surface area contributed by atoms with Crippen LogP contribution in [0, 0.1) is 0 Å². The Labute approximate surface area is 206 Å². The monoisotopic (exact) mass is 483 g/mol. The summed E-state index contributed by atoms with van der Waals surface area (Å²) < 4.78 is 1.90. The van der Waals surface area contributed by atoms with Gasteiger partial charge in [0.05, 0.1) is 17.5 Å². The molecule has 35 heavy (non-hydrogen) atoms. The molecule has 3 heterocycles. The summed E-state index contributed by atoms with van der Waals surface area (Å²) in [6, 6.07) is 22.1. The van der Waals surface area contributed by atoms with Crippen molar-refractivity contribution >= 4 is 57.0 Å². The zero-order valence-electron chi connectivity index (χ0n) is 18.7. The molecule has 2 amide bonds. The van der Waals surface area contributed by atoms with Crippen LogP contribution < -0.4 is 10.2 Å². The molecule has 6 rings (SSSR count). The average molecular weight is 484 g/mol. The van der Waals surface area contributed by atoms with Gasteiger partial charge in [0.1, 0.15) is 6.04 Å². The summed E-state index contributed by atoms with van der Waals surface area (Å²) in [4.78, 5) is 36.2. The van der Waals surface area contributed by atoms with Crippen molar-refractivity contribution in [1.82, 2.24) is 14.5 Å². The number of anilines is 2. The minimum atomic E-state index is -0.660. The van der Waals surface area contributed by atoms with Gasteiger partial charge in [0.2, 0.25) is 11.9 Å². The van der Waals surface area contributed by atoms with Crippen LogP contribution in [0.3, 0.4) is 0 Å². The first-order valence-corrected chi connectivity index (χ1v) is 11.8. The molecule has 1 unspecified atom stereocenters. The molecule has 1 atom stereocenters. The SMILES string of the molecule is O=C(CC1C(=O)N(CCc2c[nH]c3ccccc23)c2nc3ccccc3n21)Nc1ccc(Cl)cc1. The number of benzene rings is 3. The molecule has 0 spiro atoms. The molecule has 7 nitrogen and oxygen atoms in total. The fourth-order valence-electron chi connectivity index (χ4n) is 4.80. The summed E-state index contributed by atoms with van der Waals surface area (Å²) in [5, 5.41) is 4.61. The van der Waals surface area contributed by atoms with Gasteiger partial charge in [-0.05, 0) is 54.4 Å². The van der Waals surface area contributed by atoms with Crippen molar-refractivity contribution in [3.05, 3.63) is 89.6 Å². The van der Waals surface area contributed by atoms with E-state index >= 15 is 0 Å². The maximum atomic E-state index is 13.6. The lowest BCUT2D eigenvalue weighted by Crippen LogP contribution is -2.33. The fourth-order valence-corrected chi connectivity index (χ4v) is 4.92. The first-order chi connectivity index (χ1) is 17.1. The number of hydrogen-bond acceptors (Lipinski definition) is 3. The highest BCUT2D eigenvalue weighted by Gasteiger charge is 2.40. The van der Waals surface area contributed by atoms with E-state index in [-0.39, 0.29) is 18.2 Å². The molecule has 1 aliphatic heterocycles. The average Bonchev–Trinajstić information content (AvgIpc) is 3.52. The number of nitrogens with one attached hydrogen (secondary N) is 2. The lowest BCUT2D eigenvalue weighted by atomic mass is 10.1. The molecule has 0 saturated carbocycles. The molecular formula is C27H22ClN5O2. The van der Waals surface area contributed by atoms with E-state index in [9.17, 15) is 9.59 Å². The highest BCUT2D eigenvalue weighted by atomic mass is 35.5. The summed E-state index contributed by atoms with van der Waals surface area (Å²) in [5.41, 5.74) is 4.49. The van der Waals surface area contributed by atoms with E-state index in [4.69, 9.17) is 16.6 Å². The number of aromatic amines is 1. The quantitative estimate of drug-likeness (QED) is 0.342. The van der Waals surface area contributed by atoms with Gasteiger partial charge in [0.25, 0.3) is 5.91 Å². The summed E-state index contributed by atoms with van der Waals surface area (Å²) in [7, 11) is 0. The van der Waals surface area contributed by atoms with Gasteiger partial charge in [-0.1, -0.05) is 41.9 Å². The van der Waals surface area contributed by atoms with E-state index < -0.39 is 6.04 Å². The molecule has 5 aromatic rings. The van der Waals surface area contributed by atoms with Crippen LogP contribution in [0.2, 0.25) is 5.02 Å². The van der Waals surface area contributed by atoms with Crippen molar-refractivity contribution in [1.29, 1.82) is 0 Å². The number of nitrogens with zero attached hydrogens (tertiary/aromatic N) is 3. The number of carbonyl (C=O) groups excluding carboxylic acids is 2. The highest BCUT2D eigenvalue weighted by molar-refractivity contribution is 6.30. The summed E-state index contributed by atoms with van der Waals surface area (Å²) in [6.07, 6.45) is 2.67. The number of amides is 2. The zero-order valence-corrected chi connectivity index (χ0v) is 19.5. The number of imidazole rings is 1. The molecule has 8 heteroatoms. The van der Waals surface area contributed by atoms with Crippen molar-refractivity contribution in [3.8, 4) is 0 Å². The Morgan fingerprint density at radius 2 is 1.80 bits per heavy atom. The van der Waals surface area contributed by atoms with Crippen LogP contribution in [0.5, 0.6) is 0 Å². The number of carbonyl (C=O) groups is 2. The molecule has 2 aromatic heterocycles. The lowest BCUT2D eigenvalue weighted by Gasteiger charge is -2.16. The Morgan fingerprint density at radius 3 is 2.66 bits per heavy atom. The first-order valence-electron chi connectivity index (χ1n) is 11.5. The highest BCUT2D eigenvalue weighted by Crippen LogP contribution is 2.37. The fraction of sp³-hybridized carbons (Fsp3) is 0.148. The topological polar surface area (TPSA) is 83.0 Å². The molecular weight excluding hydrogens is 462 g/mol. The van der Waals surface area contributed by atoms with Gasteiger partial charge in [-0.3, -0.25) is 19.1 Å². The molecule has 1 aliphatic rings. The largest absolute Gasteiger partial charge is 0.361 e. The second kappa shape index (κ2) is 8.60. The van der Waals surface area contributed by atoms with Gasteiger partial charge in [0.15, 0.2) is 0 Å². The standard InChI is InChI=1S/C27H22ClN5O2/c28-18-9-11-19(12-10-18)30-25(34)15-24-26(35)32(27-31-22-7-3-4-8-23(22)33(24)27)14-13-17-16-29-21-6-2-1-5-20(17)21/h1-12,16,24,29H,13-15H2,(H,30,34). The molecule has 3 aromatic carbocycles. The predicted molar refractivity (Wildman–Crippen MR) is 138 cm³/mol. The van der Waals surface area contributed by atoms with Crippen LogP contribution in [0.25, 0.3) is 21.9 Å². The number of hydrogen-bond donors (Lipinski definition) is 2. The second-order valence-electron chi connectivity index (χ2n) is 8.64. The molecule has 174 valence electrons. The van der Waals surface area contributed by atoms with Crippen molar-refractivity contribution in [2.24, 2.45) is 0 Å². The first kappa shape index (κ1) is 21.4. The van der Waals surface area contributed by atoms with Crippen LogP contribution in [0.1, 0.15) is 18.0 Å². The predicted octanol–water partition coefficient (Wildman–Crippen LogP) is 5.33. The van der Waals surface area contributed by atoms with E-state index in [0.717, 1.165) is 27.5 Å². The van der Waals surface area contributed by atoms with E-state index in [1.165, 1.54) is 0 Å². The Morgan fingerprint density at radius 1 is 1.03 bits per heavy atom. The number of rotatable bonds is 6. The van der Waals surface area contributed by atoms with Crippen molar-refractivity contribution in [2.75, 3.05) is 16.8 Å². The van der Waals surface area contributed by atoms with Gasteiger partial charge in [-0.25, -0.2) is 4.98 Å². The maximum absolute atomic E-state index is 13.6. The molecule has 0 aliphatic carbocycles. The number of halogens is 1. The third kappa shape index (κ3) is 3.84.